The van der Waals surface area contributed by atoms with Crippen molar-refractivity contribution in [2.75, 3.05) is 5.48 Å². The Kier molecular flexibility index (Phi) is 5.86. The van der Waals surface area contributed by atoms with Crippen LogP contribution in [-0.2, 0) is 4.84 Å². The molecule has 0 bridgehead atoms. The lowest BCUT2D eigenvalue weighted by molar-refractivity contribution is 0.0596. The number of benzene rings is 2. The SMILES string of the molecule is O=C(ONc1ccc(N=NC(=O)c2ccccn2)cc1)c1ccc(Cl)cc1. The Balaban J connectivity index is 1.55. The molecule has 0 atom stereocenters. The highest BCUT2D eigenvalue weighted by atomic mass is 35.5. The molecule has 1 N–H and O–H groups in total. The summed E-state index contributed by atoms with van der Waals surface area (Å²) in [7, 11) is 0. The van der Waals surface area contributed by atoms with Gasteiger partial charge in [0, 0.05) is 11.2 Å². The molecule has 1 aromatic heterocycles. The Morgan fingerprint density at radius 3 is 2.37 bits per heavy atom. The third-order valence-electron chi connectivity index (χ3n) is 3.35. The molecule has 27 heavy (non-hydrogen) atoms. The van der Waals surface area contributed by atoms with Crippen LogP contribution in [0.4, 0.5) is 11.4 Å². The van der Waals surface area contributed by atoms with E-state index in [0.29, 0.717) is 22.0 Å². The summed E-state index contributed by atoms with van der Waals surface area (Å²) < 4.78 is 0. The largest absolute Gasteiger partial charge is 0.362 e. The lowest BCUT2D eigenvalue weighted by Gasteiger charge is -2.06. The highest BCUT2D eigenvalue weighted by Gasteiger charge is 2.07. The van der Waals surface area contributed by atoms with E-state index >= 15 is 0 Å². The summed E-state index contributed by atoms with van der Waals surface area (Å²) in [5, 5.41) is 8.02. The van der Waals surface area contributed by atoms with Gasteiger partial charge >= 0.3 is 11.9 Å². The fourth-order valence-corrected chi connectivity index (χ4v) is 2.12. The van der Waals surface area contributed by atoms with Crippen LogP contribution in [0.2, 0.25) is 5.02 Å². The molecule has 134 valence electrons. The standard InChI is InChI=1S/C19H13ClN4O3/c20-14-6-4-13(5-7-14)19(26)27-24-16-10-8-15(9-11-16)22-23-18(25)17-3-1-2-12-21-17/h1-12,24H. The Morgan fingerprint density at radius 1 is 0.963 bits per heavy atom. The molecule has 2 aromatic carbocycles. The van der Waals surface area contributed by atoms with Crippen LogP contribution in [0.15, 0.2) is 83.2 Å². The summed E-state index contributed by atoms with van der Waals surface area (Å²) in [5.74, 6) is -1.08. The summed E-state index contributed by atoms with van der Waals surface area (Å²) in [4.78, 5) is 32.6. The van der Waals surface area contributed by atoms with Crippen LogP contribution in [0.25, 0.3) is 0 Å². The fraction of sp³-hybridized carbons (Fsp3) is 0. The van der Waals surface area contributed by atoms with Gasteiger partial charge in [-0.15, -0.1) is 10.2 Å². The first kappa shape index (κ1) is 18.2. The smallest absolute Gasteiger partial charge is 0.338 e. The third kappa shape index (κ3) is 5.20. The van der Waals surface area contributed by atoms with Gasteiger partial charge in [-0.2, -0.15) is 0 Å². The van der Waals surface area contributed by atoms with Crippen LogP contribution >= 0.6 is 11.6 Å². The fourth-order valence-electron chi connectivity index (χ4n) is 1.99. The molecule has 0 aliphatic heterocycles. The highest BCUT2D eigenvalue weighted by Crippen LogP contribution is 2.18. The quantitative estimate of drug-likeness (QED) is 0.504. The van der Waals surface area contributed by atoms with Crippen LogP contribution in [0.3, 0.4) is 0 Å². The van der Waals surface area contributed by atoms with Crippen molar-refractivity contribution in [2.24, 2.45) is 10.2 Å². The first-order chi connectivity index (χ1) is 13.1. The van der Waals surface area contributed by atoms with Gasteiger partial charge in [0.05, 0.1) is 16.9 Å². The molecule has 1 heterocycles. The summed E-state index contributed by atoms with van der Waals surface area (Å²) in [6, 6.07) is 17.8. The maximum absolute atomic E-state index is 11.9. The molecule has 3 aromatic rings. The second-order valence-electron chi connectivity index (χ2n) is 5.27. The number of anilines is 1. The summed E-state index contributed by atoms with van der Waals surface area (Å²) >= 11 is 5.78. The number of carbonyl (C=O) groups excluding carboxylic acids is 2. The normalized spacial score (nSPS) is 10.6. The number of azo groups is 1. The first-order valence-electron chi connectivity index (χ1n) is 7.82. The number of nitrogens with zero attached hydrogens (tertiary/aromatic N) is 3. The van der Waals surface area contributed by atoms with Crippen LogP contribution in [-0.4, -0.2) is 16.9 Å². The molecule has 0 aliphatic carbocycles. The molecule has 8 heteroatoms. The molecule has 7 nitrogen and oxygen atoms in total. The van der Waals surface area contributed by atoms with E-state index in [-0.39, 0.29) is 5.69 Å². The molecular formula is C19H13ClN4O3. The third-order valence-corrected chi connectivity index (χ3v) is 3.60. The molecule has 0 spiro atoms. The molecule has 0 aliphatic rings. The lowest BCUT2D eigenvalue weighted by atomic mass is 10.2. The number of rotatable bonds is 5. The summed E-state index contributed by atoms with van der Waals surface area (Å²) in [5.41, 5.74) is 4.13. The van der Waals surface area contributed by atoms with Gasteiger partial charge in [-0.25, -0.2) is 10.3 Å². The summed E-state index contributed by atoms with van der Waals surface area (Å²) in [6.07, 6.45) is 1.51. The topological polar surface area (TPSA) is 93.0 Å². The van der Waals surface area contributed by atoms with Gasteiger partial charge < -0.3 is 4.84 Å². The highest BCUT2D eigenvalue weighted by molar-refractivity contribution is 6.30. The first-order valence-corrected chi connectivity index (χ1v) is 8.19. The van der Waals surface area contributed by atoms with Crippen molar-refractivity contribution in [1.82, 2.24) is 4.98 Å². The Labute approximate surface area is 159 Å². The predicted octanol–water partition coefficient (Wildman–Crippen LogP) is 4.84. The van der Waals surface area contributed by atoms with Gasteiger partial charge in [-0.3, -0.25) is 9.78 Å². The van der Waals surface area contributed by atoms with Crippen LogP contribution in [0.1, 0.15) is 20.8 Å². The van der Waals surface area contributed by atoms with Crippen LogP contribution in [0.5, 0.6) is 0 Å². The zero-order chi connectivity index (χ0) is 19.1. The number of halogens is 1. The van der Waals surface area contributed by atoms with Gasteiger partial charge in [0.1, 0.15) is 5.69 Å². The Bertz CT molecular complexity index is 959. The summed E-state index contributed by atoms with van der Waals surface area (Å²) in [6.45, 7) is 0. The number of pyridine rings is 1. The van der Waals surface area contributed by atoms with Crippen molar-refractivity contribution < 1.29 is 14.4 Å². The average molecular weight is 381 g/mol. The Morgan fingerprint density at radius 2 is 1.70 bits per heavy atom. The second-order valence-corrected chi connectivity index (χ2v) is 5.70. The van der Waals surface area contributed by atoms with Crippen molar-refractivity contribution in [3.8, 4) is 0 Å². The monoisotopic (exact) mass is 380 g/mol. The number of carbonyl (C=O) groups is 2. The zero-order valence-corrected chi connectivity index (χ0v) is 14.6. The average Bonchev–Trinajstić information content (AvgIpc) is 2.72. The lowest BCUT2D eigenvalue weighted by Crippen LogP contribution is -2.10. The molecule has 0 radical (unpaired) electrons. The van der Waals surface area contributed by atoms with E-state index in [1.54, 1.807) is 66.7 Å². The molecule has 0 saturated heterocycles. The number of aromatic nitrogens is 1. The van der Waals surface area contributed by atoms with E-state index in [2.05, 4.69) is 20.7 Å². The minimum Gasteiger partial charge on any atom is -0.338 e. The van der Waals surface area contributed by atoms with Crippen molar-refractivity contribution >= 4 is 34.9 Å². The van der Waals surface area contributed by atoms with Crippen molar-refractivity contribution in [3.05, 3.63) is 89.2 Å². The van der Waals surface area contributed by atoms with Gasteiger partial charge in [0.25, 0.3) is 0 Å². The van der Waals surface area contributed by atoms with Crippen molar-refractivity contribution in [1.29, 1.82) is 0 Å². The molecule has 0 fully saturated rings. The maximum Gasteiger partial charge on any atom is 0.362 e. The van der Waals surface area contributed by atoms with E-state index in [0.717, 1.165) is 0 Å². The number of nitrogens with one attached hydrogen (secondary N) is 1. The second kappa shape index (κ2) is 8.68. The van der Waals surface area contributed by atoms with E-state index in [1.165, 1.54) is 6.20 Å². The van der Waals surface area contributed by atoms with E-state index in [4.69, 9.17) is 16.4 Å². The minimum atomic E-state index is -0.545. The predicted molar refractivity (Wildman–Crippen MR) is 100 cm³/mol. The number of hydrogen-bond donors (Lipinski definition) is 1. The minimum absolute atomic E-state index is 0.216. The number of amides is 1. The van der Waals surface area contributed by atoms with Crippen molar-refractivity contribution in [3.63, 3.8) is 0 Å². The van der Waals surface area contributed by atoms with E-state index in [9.17, 15) is 9.59 Å². The van der Waals surface area contributed by atoms with Gasteiger partial charge in [0.15, 0.2) is 0 Å². The maximum atomic E-state index is 11.9. The molecular weight excluding hydrogens is 368 g/mol. The van der Waals surface area contributed by atoms with Crippen LogP contribution < -0.4 is 5.48 Å². The number of hydrogen-bond acceptors (Lipinski definition) is 6. The van der Waals surface area contributed by atoms with Gasteiger partial charge in [-0.05, 0) is 60.7 Å². The zero-order valence-electron chi connectivity index (χ0n) is 13.9. The van der Waals surface area contributed by atoms with E-state index < -0.39 is 11.9 Å². The Hall–Kier alpha value is -3.58. The molecule has 0 unspecified atom stereocenters. The molecule has 0 saturated carbocycles. The van der Waals surface area contributed by atoms with Crippen molar-refractivity contribution in [2.45, 2.75) is 0 Å². The molecule has 1 amide bonds. The molecule has 3 rings (SSSR count). The van der Waals surface area contributed by atoms with Gasteiger partial charge in [0.2, 0.25) is 0 Å². The van der Waals surface area contributed by atoms with Crippen LogP contribution in [0, 0.1) is 0 Å². The van der Waals surface area contributed by atoms with Gasteiger partial charge in [-0.1, -0.05) is 17.7 Å². The van der Waals surface area contributed by atoms with E-state index in [1.807, 2.05) is 0 Å².